The highest BCUT2D eigenvalue weighted by Gasteiger charge is 2.49. The molecule has 2 saturated heterocycles. The zero-order valence-corrected chi connectivity index (χ0v) is 16.4. The fraction of sp³-hybridized carbons (Fsp3) is 0.556. The van der Waals surface area contributed by atoms with E-state index in [1.165, 1.54) is 17.3 Å². The van der Waals surface area contributed by atoms with Gasteiger partial charge in [0.15, 0.2) is 15.0 Å². The third-order valence-corrected chi connectivity index (χ3v) is 7.80. The largest absolute Gasteiger partial charge is 0.316 e. The lowest BCUT2D eigenvalue weighted by Gasteiger charge is -2.25. The van der Waals surface area contributed by atoms with E-state index in [1.807, 2.05) is 24.0 Å². The first-order valence-corrected chi connectivity index (χ1v) is 11.4. The number of sulfone groups is 1. The molecule has 0 N–H and O–H groups in total. The number of carbonyl (C=O) groups excluding carboxylic acids is 1. The summed E-state index contributed by atoms with van der Waals surface area (Å²) in [7, 11) is -3.03. The van der Waals surface area contributed by atoms with E-state index in [0.717, 1.165) is 12.1 Å². The predicted octanol–water partition coefficient (Wildman–Crippen LogP) is 3.21. The zero-order valence-electron chi connectivity index (χ0n) is 14.8. The maximum Gasteiger partial charge on any atom is 0.248 e. The molecule has 0 unspecified atom stereocenters. The van der Waals surface area contributed by atoms with Crippen molar-refractivity contribution in [3.63, 3.8) is 0 Å². The number of rotatable bonds is 4. The molecular formula is C18H24N2O3S2. The van der Waals surface area contributed by atoms with Gasteiger partial charge < -0.3 is 4.90 Å². The van der Waals surface area contributed by atoms with Crippen LogP contribution in [0.15, 0.2) is 29.3 Å². The number of anilines is 1. The number of benzene rings is 1. The second-order valence-corrected chi connectivity index (χ2v) is 10.3. The van der Waals surface area contributed by atoms with E-state index < -0.39 is 9.84 Å². The Bertz CT molecular complexity index is 785. The number of hydrogen-bond donors (Lipinski definition) is 0. The number of carbonyl (C=O) groups is 1. The van der Waals surface area contributed by atoms with Crippen molar-refractivity contribution >= 4 is 38.4 Å². The molecule has 0 saturated carbocycles. The molecule has 2 atom stereocenters. The van der Waals surface area contributed by atoms with E-state index in [-0.39, 0.29) is 28.7 Å². The number of thioether (sulfide) groups is 1. The van der Waals surface area contributed by atoms with Crippen LogP contribution in [0.1, 0.15) is 45.1 Å². The lowest BCUT2D eigenvalue weighted by molar-refractivity contribution is -0.117. The van der Waals surface area contributed by atoms with Gasteiger partial charge in [0.1, 0.15) is 0 Å². The van der Waals surface area contributed by atoms with Crippen LogP contribution in [-0.2, 0) is 14.6 Å². The minimum atomic E-state index is -3.03. The Balaban J connectivity index is 1.96. The minimum absolute atomic E-state index is 0.0528. The molecule has 0 aliphatic carbocycles. The summed E-state index contributed by atoms with van der Waals surface area (Å²) < 4.78 is 24.1. The first-order chi connectivity index (χ1) is 11.8. The highest BCUT2D eigenvalue weighted by atomic mass is 32.2. The van der Waals surface area contributed by atoms with Crippen molar-refractivity contribution in [1.82, 2.24) is 0 Å². The summed E-state index contributed by atoms with van der Waals surface area (Å²) in [6.07, 6.45) is 1.17. The number of nitrogens with zero attached hydrogens (tertiary/aromatic N) is 2. The van der Waals surface area contributed by atoms with Crippen molar-refractivity contribution in [3.8, 4) is 0 Å². The molecule has 1 amide bonds. The molecule has 5 nitrogen and oxygen atoms in total. The van der Waals surface area contributed by atoms with Gasteiger partial charge in [-0.05, 0) is 30.0 Å². The average molecular weight is 381 g/mol. The van der Waals surface area contributed by atoms with Gasteiger partial charge in [-0.25, -0.2) is 8.42 Å². The van der Waals surface area contributed by atoms with Crippen molar-refractivity contribution in [2.24, 2.45) is 4.99 Å². The first-order valence-electron chi connectivity index (χ1n) is 8.68. The Morgan fingerprint density at radius 1 is 1.28 bits per heavy atom. The van der Waals surface area contributed by atoms with Crippen LogP contribution in [0.4, 0.5) is 5.69 Å². The first kappa shape index (κ1) is 18.5. The summed E-state index contributed by atoms with van der Waals surface area (Å²) in [6, 6.07) is 7.99. The van der Waals surface area contributed by atoms with Gasteiger partial charge in [0, 0.05) is 17.4 Å². The molecule has 25 heavy (non-hydrogen) atoms. The molecule has 0 bridgehead atoms. The van der Waals surface area contributed by atoms with E-state index in [9.17, 15) is 13.2 Å². The number of aliphatic imine (C=N–C) groups is 1. The second-order valence-electron chi connectivity index (χ2n) is 6.95. The van der Waals surface area contributed by atoms with Crippen LogP contribution in [0.5, 0.6) is 0 Å². The Hall–Kier alpha value is -1.34. The SMILES string of the molecule is CCCC(=O)N=C1S[C@H]2CS(=O)(=O)C[C@H]2N1c1ccc(C(C)C)cc1. The van der Waals surface area contributed by atoms with Crippen molar-refractivity contribution in [1.29, 1.82) is 0 Å². The van der Waals surface area contributed by atoms with Gasteiger partial charge in [0.25, 0.3) is 0 Å². The summed E-state index contributed by atoms with van der Waals surface area (Å²) in [4.78, 5) is 18.3. The third-order valence-electron chi connectivity index (χ3n) is 4.59. The lowest BCUT2D eigenvalue weighted by atomic mass is 10.0. The highest BCUT2D eigenvalue weighted by Crippen LogP contribution is 2.41. The van der Waals surface area contributed by atoms with E-state index in [4.69, 9.17) is 0 Å². The predicted molar refractivity (Wildman–Crippen MR) is 104 cm³/mol. The van der Waals surface area contributed by atoms with Gasteiger partial charge >= 0.3 is 0 Å². The van der Waals surface area contributed by atoms with Crippen molar-refractivity contribution in [2.75, 3.05) is 16.4 Å². The van der Waals surface area contributed by atoms with Crippen molar-refractivity contribution < 1.29 is 13.2 Å². The molecule has 2 aliphatic rings. The van der Waals surface area contributed by atoms with Crippen LogP contribution >= 0.6 is 11.8 Å². The normalized spacial score (nSPS) is 26.4. The number of amidine groups is 1. The van der Waals surface area contributed by atoms with E-state index in [1.54, 1.807) is 0 Å². The van der Waals surface area contributed by atoms with Crippen LogP contribution in [0.25, 0.3) is 0 Å². The Labute approximate surface area is 153 Å². The van der Waals surface area contributed by atoms with Crippen molar-refractivity contribution in [3.05, 3.63) is 29.8 Å². The van der Waals surface area contributed by atoms with Crippen LogP contribution in [0.2, 0.25) is 0 Å². The van der Waals surface area contributed by atoms with Gasteiger partial charge in [0.2, 0.25) is 5.91 Å². The molecule has 0 aromatic heterocycles. The molecule has 0 radical (unpaired) electrons. The van der Waals surface area contributed by atoms with E-state index in [0.29, 0.717) is 17.5 Å². The summed E-state index contributed by atoms with van der Waals surface area (Å²) >= 11 is 1.43. The molecule has 1 aromatic rings. The monoisotopic (exact) mass is 380 g/mol. The number of fused-ring (bicyclic) bond motifs is 1. The molecule has 2 aliphatic heterocycles. The quantitative estimate of drug-likeness (QED) is 0.802. The van der Waals surface area contributed by atoms with Gasteiger partial charge in [-0.1, -0.05) is 44.7 Å². The molecule has 2 fully saturated rings. The van der Waals surface area contributed by atoms with Crippen molar-refractivity contribution in [2.45, 2.75) is 50.8 Å². The Morgan fingerprint density at radius 2 is 1.96 bits per heavy atom. The molecule has 1 aromatic carbocycles. The van der Waals surface area contributed by atoms with Gasteiger partial charge in [-0.3, -0.25) is 4.79 Å². The summed E-state index contributed by atoms with van der Waals surface area (Å²) in [6.45, 7) is 6.22. The zero-order chi connectivity index (χ0) is 18.2. The van der Waals surface area contributed by atoms with E-state index >= 15 is 0 Å². The molecular weight excluding hydrogens is 356 g/mol. The lowest BCUT2D eigenvalue weighted by Crippen LogP contribution is -2.37. The van der Waals surface area contributed by atoms with Crippen LogP contribution in [-0.4, -0.2) is 42.3 Å². The summed E-state index contributed by atoms with van der Waals surface area (Å²) in [5, 5.41) is 0.587. The Morgan fingerprint density at radius 3 is 2.56 bits per heavy atom. The highest BCUT2D eigenvalue weighted by molar-refractivity contribution is 8.16. The van der Waals surface area contributed by atoms with Crippen LogP contribution < -0.4 is 4.90 Å². The van der Waals surface area contributed by atoms with Crippen LogP contribution in [0.3, 0.4) is 0 Å². The van der Waals surface area contributed by atoms with Crippen LogP contribution in [0, 0.1) is 0 Å². The molecule has 2 heterocycles. The maximum atomic E-state index is 12.0. The fourth-order valence-electron chi connectivity index (χ4n) is 3.26. The molecule has 3 rings (SSSR count). The topological polar surface area (TPSA) is 66.8 Å². The average Bonchev–Trinajstić information content (AvgIpc) is 2.98. The minimum Gasteiger partial charge on any atom is -0.316 e. The Kier molecular flexibility index (Phi) is 5.25. The second kappa shape index (κ2) is 7.11. The summed E-state index contributed by atoms with van der Waals surface area (Å²) in [5.74, 6) is 0.569. The molecule has 0 spiro atoms. The molecule has 7 heteroatoms. The third kappa shape index (κ3) is 3.92. The number of amides is 1. The number of hydrogen-bond acceptors (Lipinski definition) is 4. The smallest absolute Gasteiger partial charge is 0.248 e. The standard InChI is InChI=1S/C18H24N2O3S2/c1-4-5-17(21)19-18-20(14-8-6-13(7-9-14)12(2)3)15-10-25(22,23)11-16(15)24-18/h6-9,12,15-16H,4-5,10-11H2,1-3H3/t15-,16+/m1/s1. The van der Waals surface area contributed by atoms with Gasteiger partial charge in [-0.2, -0.15) is 4.99 Å². The molecule has 136 valence electrons. The summed E-state index contributed by atoms with van der Waals surface area (Å²) in [5.41, 5.74) is 2.14. The fourth-order valence-corrected chi connectivity index (χ4v) is 7.19. The van der Waals surface area contributed by atoms with Gasteiger partial charge in [0.05, 0.1) is 17.5 Å². The van der Waals surface area contributed by atoms with Gasteiger partial charge in [-0.15, -0.1) is 0 Å². The maximum absolute atomic E-state index is 12.0. The van der Waals surface area contributed by atoms with E-state index in [2.05, 4.69) is 31.0 Å².